The summed E-state index contributed by atoms with van der Waals surface area (Å²) in [7, 11) is 0. The van der Waals surface area contributed by atoms with Crippen LogP contribution in [-0.4, -0.2) is 111 Å². The summed E-state index contributed by atoms with van der Waals surface area (Å²) in [6, 6.07) is 0.536. The first-order valence-corrected chi connectivity index (χ1v) is 16.2. The van der Waals surface area contributed by atoms with E-state index in [-0.39, 0.29) is 35.8 Å². The molecule has 0 radical (unpaired) electrons. The van der Waals surface area contributed by atoms with Crippen LogP contribution in [0.4, 0.5) is 15.0 Å². The summed E-state index contributed by atoms with van der Waals surface area (Å²) < 4.78 is 35.1. The summed E-state index contributed by atoms with van der Waals surface area (Å²) >= 11 is 3.72. The van der Waals surface area contributed by atoms with Crippen LogP contribution in [0.1, 0.15) is 71.8 Å². The SMILES string of the molecule is CC(C)(C)OC(=O)N1C2CCC1CN(c1nc(OC[C@@]34CCCN3C[C@H](F)C4)nc3nc(Br)n(C4CCOCC4)c13)C2. The van der Waals surface area contributed by atoms with Gasteiger partial charge in [0.15, 0.2) is 16.2 Å². The van der Waals surface area contributed by atoms with Crippen LogP contribution in [0.3, 0.4) is 0 Å². The van der Waals surface area contributed by atoms with Crippen molar-refractivity contribution < 1.29 is 23.4 Å². The van der Waals surface area contributed by atoms with E-state index in [1.807, 2.05) is 25.7 Å². The van der Waals surface area contributed by atoms with E-state index in [1.165, 1.54) is 0 Å². The van der Waals surface area contributed by atoms with E-state index < -0.39 is 11.8 Å². The Morgan fingerprint density at radius 3 is 2.52 bits per heavy atom. The summed E-state index contributed by atoms with van der Waals surface area (Å²) in [5.41, 5.74) is 0.609. The number of hydrogen-bond acceptors (Lipinski definition) is 9. The lowest BCUT2D eigenvalue weighted by Gasteiger charge is -2.42. The smallest absolute Gasteiger partial charge is 0.410 e. The van der Waals surface area contributed by atoms with Gasteiger partial charge in [0.2, 0.25) is 0 Å². The van der Waals surface area contributed by atoms with E-state index >= 15 is 0 Å². The van der Waals surface area contributed by atoms with Gasteiger partial charge in [-0.1, -0.05) is 0 Å². The molecule has 42 heavy (non-hydrogen) atoms. The monoisotopic (exact) mass is 649 g/mol. The van der Waals surface area contributed by atoms with Crippen molar-refractivity contribution in [2.24, 2.45) is 0 Å². The Morgan fingerprint density at radius 2 is 1.81 bits per heavy atom. The number of amides is 1. The number of nitrogens with zero attached hydrogens (tertiary/aromatic N) is 7. The van der Waals surface area contributed by atoms with Gasteiger partial charge in [0.05, 0.1) is 17.6 Å². The van der Waals surface area contributed by atoms with Crippen molar-refractivity contribution in [2.45, 2.75) is 101 Å². The minimum atomic E-state index is -0.823. The number of carbonyl (C=O) groups excluding carboxylic acids is 1. The second-order valence-corrected chi connectivity index (χ2v) is 14.3. The zero-order chi connectivity index (χ0) is 29.2. The van der Waals surface area contributed by atoms with Crippen molar-refractivity contribution in [1.82, 2.24) is 29.3 Å². The molecule has 0 N–H and O–H groups in total. The molecule has 2 aromatic heterocycles. The maximum Gasteiger partial charge on any atom is 0.410 e. The molecule has 5 fully saturated rings. The highest BCUT2D eigenvalue weighted by atomic mass is 79.9. The van der Waals surface area contributed by atoms with E-state index in [2.05, 4.69) is 30.3 Å². The molecule has 230 valence electrons. The molecule has 2 bridgehead atoms. The summed E-state index contributed by atoms with van der Waals surface area (Å²) in [6.07, 6.45) is 4.98. The number of rotatable bonds is 5. The largest absolute Gasteiger partial charge is 0.461 e. The maximum absolute atomic E-state index is 14.4. The van der Waals surface area contributed by atoms with E-state index in [0.29, 0.717) is 56.3 Å². The molecule has 0 saturated carbocycles. The molecule has 5 saturated heterocycles. The molecule has 0 aliphatic carbocycles. The predicted octanol–water partition coefficient (Wildman–Crippen LogP) is 4.48. The van der Waals surface area contributed by atoms with Crippen LogP contribution in [0.15, 0.2) is 4.73 Å². The fourth-order valence-electron chi connectivity index (χ4n) is 7.84. The molecule has 7 rings (SSSR count). The third-order valence-corrected chi connectivity index (χ3v) is 10.2. The Kier molecular flexibility index (Phi) is 7.28. The number of ether oxygens (including phenoxy) is 3. The van der Waals surface area contributed by atoms with Crippen LogP contribution >= 0.6 is 15.9 Å². The average molecular weight is 651 g/mol. The number of halogens is 2. The molecule has 11 nitrogen and oxygen atoms in total. The first-order chi connectivity index (χ1) is 20.1. The zero-order valence-electron chi connectivity index (χ0n) is 24.7. The Hall–Kier alpha value is -2.25. The highest BCUT2D eigenvalue weighted by Gasteiger charge is 2.50. The van der Waals surface area contributed by atoms with Crippen LogP contribution in [-0.2, 0) is 9.47 Å². The van der Waals surface area contributed by atoms with Crippen molar-refractivity contribution in [3.63, 3.8) is 0 Å². The summed E-state index contributed by atoms with van der Waals surface area (Å²) in [6.45, 7) is 10.1. The van der Waals surface area contributed by atoms with Crippen LogP contribution in [0.2, 0.25) is 0 Å². The molecular weight excluding hydrogens is 609 g/mol. The van der Waals surface area contributed by atoms with Gasteiger partial charge in [-0.3, -0.25) is 9.80 Å². The molecule has 5 aliphatic rings. The number of aromatic nitrogens is 4. The topological polar surface area (TPSA) is 98.1 Å². The van der Waals surface area contributed by atoms with Crippen molar-refractivity contribution in [1.29, 1.82) is 0 Å². The fourth-order valence-corrected chi connectivity index (χ4v) is 8.47. The second kappa shape index (κ2) is 10.7. The molecule has 2 unspecified atom stereocenters. The predicted molar refractivity (Wildman–Crippen MR) is 158 cm³/mol. The quantitative estimate of drug-likeness (QED) is 0.434. The van der Waals surface area contributed by atoms with Gasteiger partial charge in [0, 0.05) is 45.3 Å². The van der Waals surface area contributed by atoms with Gasteiger partial charge in [-0.15, -0.1) is 0 Å². The third kappa shape index (κ3) is 5.12. The first-order valence-electron chi connectivity index (χ1n) is 15.4. The molecule has 13 heteroatoms. The highest BCUT2D eigenvalue weighted by Crippen LogP contribution is 2.42. The van der Waals surface area contributed by atoms with Crippen molar-refractivity contribution >= 4 is 39.0 Å². The van der Waals surface area contributed by atoms with Crippen LogP contribution in [0.5, 0.6) is 6.01 Å². The number of alkyl halides is 1. The molecule has 0 aromatic carbocycles. The van der Waals surface area contributed by atoms with E-state index in [9.17, 15) is 9.18 Å². The minimum absolute atomic E-state index is 0.0294. The number of fused-ring (bicyclic) bond motifs is 4. The van der Waals surface area contributed by atoms with Crippen molar-refractivity contribution in [2.75, 3.05) is 50.9 Å². The molecular formula is C29H41BrFN7O4. The molecule has 1 amide bonds. The normalized spacial score (nSPS) is 30.4. The Labute approximate surface area is 254 Å². The van der Waals surface area contributed by atoms with Crippen LogP contribution in [0.25, 0.3) is 11.2 Å². The van der Waals surface area contributed by atoms with Crippen molar-refractivity contribution in [3.8, 4) is 6.01 Å². The molecule has 7 heterocycles. The van der Waals surface area contributed by atoms with Crippen LogP contribution < -0.4 is 9.64 Å². The van der Waals surface area contributed by atoms with Crippen molar-refractivity contribution in [3.05, 3.63) is 4.73 Å². The lowest BCUT2D eigenvalue weighted by molar-refractivity contribution is 0.0122. The second-order valence-electron chi connectivity index (χ2n) is 13.6. The summed E-state index contributed by atoms with van der Waals surface area (Å²) in [4.78, 5) is 34.2. The highest BCUT2D eigenvalue weighted by molar-refractivity contribution is 9.10. The Bertz CT molecular complexity index is 1330. The van der Waals surface area contributed by atoms with E-state index in [0.717, 1.165) is 56.4 Å². The number of hydrogen-bond donors (Lipinski definition) is 0. The molecule has 0 spiro atoms. The number of imidazole rings is 1. The standard InChI is InChI=1S/C29H41BrFN7O4/c1-28(2,3)42-27(39)37-20-5-6-21(37)16-35(15-20)24-22-23(32-25(30)38(22)19-7-11-40-12-8-19)33-26(34-24)41-17-29-9-4-10-36(29)14-18(31)13-29/h18-21H,4-17H2,1-3H3/t18-,20?,21?,29+/m1/s1. The lowest BCUT2D eigenvalue weighted by atomic mass is 9.95. The molecule has 4 atom stereocenters. The summed E-state index contributed by atoms with van der Waals surface area (Å²) in [5.74, 6) is 0.774. The Morgan fingerprint density at radius 1 is 1.07 bits per heavy atom. The lowest BCUT2D eigenvalue weighted by Crippen LogP contribution is -2.57. The number of piperazine rings is 1. The average Bonchev–Trinajstić information content (AvgIpc) is 3.64. The molecule has 5 aliphatic heterocycles. The summed E-state index contributed by atoms with van der Waals surface area (Å²) in [5, 5.41) is 0. The van der Waals surface area contributed by atoms with Gasteiger partial charge < -0.3 is 23.7 Å². The maximum atomic E-state index is 14.4. The Balaban J connectivity index is 1.22. The van der Waals surface area contributed by atoms with E-state index in [4.69, 9.17) is 29.2 Å². The fraction of sp³-hybridized carbons (Fsp3) is 0.793. The van der Waals surface area contributed by atoms with Gasteiger partial charge in [0.25, 0.3) is 0 Å². The van der Waals surface area contributed by atoms with Gasteiger partial charge >= 0.3 is 12.1 Å². The zero-order valence-corrected chi connectivity index (χ0v) is 26.3. The van der Waals surface area contributed by atoms with Crippen LogP contribution in [0, 0.1) is 0 Å². The van der Waals surface area contributed by atoms with Gasteiger partial charge in [-0.25, -0.2) is 14.2 Å². The third-order valence-electron chi connectivity index (χ3n) is 9.64. The molecule has 2 aromatic rings. The van der Waals surface area contributed by atoms with Gasteiger partial charge in [-0.05, 0) is 81.8 Å². The number of carbonyl (C=O) groups is 1. The van der Waals surface area contributed by atoms with Gasteiger partial charge in [-0.2, -0.15) is 9.97 Å². The first kappa shape index (κ1) is 28.5. The van der Waals surface area contributed by atoms with Gasteiger partial charge in [0.1, 0.15) is 23.9 Å². The minimum Gasteiger partial charge on any atom is -0.461 e. The van der Waals surface area contributed by atoms with E-state index in [1.54, 1.807) is 0 Å². The number of anilines is 1.